The Morgan fingerprint density at radius 3 is 2.33 bits per heavy atom. The van der Waals surface area contributed by atoms with Crippen LogP contribution < -0.4 is 5.32 Å². The first kappa shape index (κ1) is 15.6. The highest BCUT2D eigenvalue weighted by atomic mass is 16.6. The molecule has 2 unspecified atom stereocenters. The molecule has 2 fully saturated rings. The number of carboxylic acids is 1. The monoisotopic (exact) mass is 298 g/mol. The Labute approximate surface area is 123 Å². The fraction of sp³-hybridized carbons (Fsp3) is 0.786. The van der Waals surface area contributed by atoms with Gasteiger partial charge in [0.25, 0.3) is 0 Å². The van der Waals surface area contributed by atoms with Gasteiger partial charge in [-0.25, -0.2) is 9.59 Å². The molecule has 1 aliphatic carbocycles. The van der Waals surface area contributed by atoms with E-state index < -0.39 is 23.7 Å². The number of rotatable bonds is 2. The van der Waals surface area contributed by atoms with Crippen LogP contribution in [-0.4, -0.2) is 51.7 Å². The summed E-state index contributed by atoms with van der Waals surface area (Å²) in [6, 6.07) is -1.37. The van der Waals surface area contributed by atoms with Crippen LogP contribution in [0.4, 0.5) is 4.79 Å². The van der Waals surface area contributed by atoms with Gasteiger partial charge in [-0.05, 0) is 39.5 Å². The predicted octanol–water partition coefficient (Wildman–Crippen LogP) is 0.974. The summed E-state index contributed by atoms with van der Waals surface area (Å²) >= 11 is 0. The molecule has 4 atom stereocenters. The lowest BCUT2D eigenvalue weighted by Crippen LogP contribution is -2.58. The summed E-state index contributed by atoms with van der Waals surface area (Å²) in [6.45, 7) is 6.62. The van der Waals surface area contributed by atoms with Crippen molar-refractivity contribution in [1.82, 2.24) is 10.2 Å². The Balaban J connectivity index is 2.20. The quantitative estimate of drug-likeness (QED) is 0.792. The molecule has 2 bridgehead atoms. The van der Waals surface area contributed by atoms with Gasteiger partial charge < -0.3 is 15.2 Å². The molecule has 21 heavy (non-hydrogen) atoms. The number of nitrogens with one attached hydrogen (secondary N) is 1. The van der Waals surface area contributed by atoms with Crippen molar-refractivity contribution in [2.45, 2.75) is 64.3 Å². The van der Waals surface area contributed by atoms with E-state index in [1.165, 1.54) is 11.8 Å². The van der Waals surface area contributed by atoms with Crippen molar-refractivity contribution in [2.24, 2.45) is 5.92 Å². The van der Waals surface area contributed by atoms with Crippen molar-refractivity contribution in [3.8, 4) is 0 Å². The lowest BCUT2D eigenvalue weighted by molar-refractivity contribution is -0.145. The largest absolute Gasteiger partial charge is 0.480 e. The molecule has 7 heteroatoms. The van der Waals surface area contributed by atoms with Gasteiger partial charge in [-0.2, -0.15) is 0 Å². The van der Waals surface area contributed by atoms with Crippen molar-refractivity contribution in [2.75, 3.05) is 0 Å². The van der Waals surface area contributed by atoms with Gasteiger partial charge in [0.15, 0.2) is 0 Å². The van der Waals surface area contributed by atoms with Crippen LogP contribution in [0.2, 0.25) is 0 Å². The maximum Gasteiger partial charge on any atom is 0.411 e. The molecular weight excluding hydrogens is 276 g/mol. The minimum atomic E-state index is -1.02. The Hall–Kier alpha value is -1.79. The van der Waals surface area contributed by atoms with Crippen LogP contribution in [0.3, 0.4) is 0 Å². The molecule has 0 aromatic heterocycles. The van der Waals surface area contributed by atoms with E-state index in [1.54, 1.807) is 20.8 Å². The van der Waals surface area contributed by atoms with E-state index in [2.05, 4.69) is 5.32 Å². The fourth-order valence-electron chi connectivity index (χ4n) is 3.35. The van der Waals surface area contributed by atoms with E-state index in [4.69, 9.17) is 4.74 Å². The second kappa shape index (κ2) is 5.20. The van der Waals surface area contributed by atoms with Crippen LogP contribution in [0.1, 0.15) is 40.5 Å². The summed E-state index contributed by atoms with van der Waals surface area (Å²) in [4.78, 5) is 36.3. The molecule has 2 aliphatic rings. The Bertz CT molecular complexity index is 470. The number of ether oxygens (including phenoxy) is 1. The van der Waals surface area contributed by atoms with Crippen LogP contribution in [0.15, 0.2) is 0 Å². The summed E-state index contributed by atoms with van der Waals surface area (Å²) in [5.74, 6) is -1.34. The van der Waals surface area contributed by atoms with Crippen LogP contribution in [0.25, 0.3) is 0 Å². The van der Waals surface area contributed by atoms with Crippen molar-refractivity contribution >= 4 is 18.0 Å². The average molecular weight is 298 g/mol. The normalized spacial score (nSPS) is 31.1. The molecule has 0 radical (unpaired) electrons. The van der Waals surface area contributed by atoms with E-state index in [0.29, 0.717) is 12.8 Å². The van der Waals surface area contributed by atoms with Crippen molar-refractivity contribution in [3.63, 3.8) is 0 Å². The molecular formula is C14H22N2O5. The zero-order chi connectivity index (χ0) is 15.9. The van der Waals surface area contributed by atoms with Gasteiger partial charge in [-0.1, -0.05) is 0 Å². The van der Waals surface area contributed by atoms with E-state index in [1.807, 2.05) is 0 Å². The topological polar surface area (TPSA) is 95.9 Å². The number of piperidine rings is 1. The predicted molar refractivity (Wildman–Crippen MR) is 73.6 cm³/mol. The summed E-state index contributed by atoms with van der Waals surface area (Å²) in [5, 5.41) is 12.2. The zero-order valence-corrected chi connectivity index (χ0v) is 12.8. The lowest BCUT2D eigenvalue weighted by atomic mass is 9.97. The molecule has 0 spiro atoms. The van der Waals surface area contributed by atoms with Crippen LogP contribution in [0.5, 0.6) is 0 Å². The van der Waals surface area contributed by atoms with Gasteiger partial charge in [0, 0.05) is 13.0 Å². The third-order valence-corrected chi connectivity index (χ3v) is 3.91. The molecule has 2 amide bonds. The molecule has 118 valence electrons. The number of hydrogen-bond donors (Lipinski definition) is 2. The number of nitrogens with zero attached hydrogens (tertiary/aromatic N) is 1. The van der Waals surface area contributed by atoms with Gasteiger partial charge in [0.05, 0.1) is 6.04 Å². The van der Waals surface area contributed by atoms with E-state index in [9.17, 15) is 19.5 Å². The molecule has 0 aromatic carbocycles. The molecule has 2 rings (SSSR count). The molecule has 1 heterocycles. The average Bonchev–Trinajstić information content (AvgIpc) is 2.81. The first-order chi connectivity index (χ1) is 9.60. The van der Waals surface area contributed by atoms with Crippen molar-refractivity contribution < 1.29 is 24.2 Å². The van der Waals surface area contributed by atoms with Crippen molar-refractivity contribution in [1.29, 1.82) is 0 Å². The number of carbonyl (C=O) groups excluding carboxylic acids is 2. The van der Waals surface area contributed by atoms with Gasteiger partial charge in [-0.15, -0.1) is 0 Å². The molecule has 1 saturated carbocycles. The first-order valence-corrected chi connectivity index (χ1v) is 7.11. The Kier molecular flexibility index (Phi) is 3.86. The number of fused-ring (bicyclic) bond motifs is 2. The van der Waals surface area contributed by atoms with E-state index in [-0.39, 0.29) is 23.9 Å². The van der Waals surface area contributed by atoms with Crippen LogP contribution in [0, 0.1) is 5.92 Å². The van der Waals surface area contributed by atoms with Gasteiger partial charge in [0.2, 0.25) is 5.91 Å². The fourth-order valence-corrected chi connectivity index (χ4v) is 3.35. The first-order valence-electron chi connectivity index (χ1n) is 7.11. The van der Waals surface area contributed by atoms with Crippen LogP contribution >= 0.6 is 0 Å². The minimum Gasteiger partial charge on any atom is -0.480 e. The second-order valence-electron chi connectivity index (χ2n) is 6.78. The molecule has 0 aromatic rings. The SMILES string of the molecule is CC(=O)N[C@@H]1C[C@@H]2CC1N(C(=O)OC(C)(C)C)C2C(=O)O. The number of likely N-dealkylation sites (tertiary alicyclic amines) is 1. The minimum absolute atomic E-state index is 0.142. The number of hydrogen-bond acceptors (Lipinski definition) is 4. The van der Waals surface area contributed by atoms with Gasteiger partial charge >= 0.3 is 12.1 Å². The molecule has 1 aliphatic heterocycles. The lowest BCUT2D eigenvalue weighted by Gasteiger charge is -2.38. The maximum absolute atomic E-state index is 12.3. The summed E-state index contributed by atoms with van der Waals surface area (Å²) < 4.78 is 5.32. The van der Waals surface area contributed by atoms with E-state index in [0.717, 1.165) is 0 Å². The zero-order valence-electron chi connectivity index (χ0n) is 12.8. The third-order valence-electron chi connectivity index (χ3n) is 3.91. The maximum atomic E-state index is 12.3. The number of carbonyl (C=O) groups is 3. The molecule has 1 saturated heterocycles. The smallest absolute Gasteiger partial charge is 0.411 e. The summed E-state index contributed by atoms with van der Waals surface area (Å²) in [7, 11) is 0. The highest BCUT2D eigenvalue weighted by Crippen LogP contribution is 2.43. The van der Waals surface area contributed by atoms with Crippen molar-refractivity contribution in [3.05, 3.63) is 0 Å². The number of amides is 2. The highest BCUT2D eigenvalue weighted by Gasteiger charge is 2.57. The Morgan fingerprint density at radius 2 is 1.86 bits per heavy atom. The van der Waals surface area contributed by atoms with Gasteiger partial charge in [-0.3, -0.25) is 9.69 Å². The standard InChI is InChI=1S/C14H22N2O5/c1-7(17)15-9-5-8-6-10(9)16(11(8)12(18)19)13(20)21-14(2,3)4/h8-11H,5-6H2,1-4H3,(H,15,17)(H,18,19)/t8-,9-,10?,11?/m1/s1. The second-order valence-corrected chi connectivity index (χ2v) is 6.78. The van der Waals surface area contributed by atoms with E-state index >= 15 is 0 Å². The van der Waals surface area contributed by atoms with Crippen LogP contribution in [-0.2, 0) is 14.3 Å². The molecule has 2 N–H and O–H groups in total. The number of aliphatic carboxylic acids is 1. The van der Waals surface area contributed by atoms with Gasteiger partial charge in [0.1, 0.15) is 11.6 Å². The third kappa shape index (κ3) is 3.11. The molecule has 7 nitrogen and oxygen atoms in total. The number of carboxylic acid groups (broad SMARTS) is 1. The summed E-state index contributed by atoms with van der Waals surface area (Å²) in [5.41, 5.74) is -0.689. The summed E-state index contributed by atoms with van der Waals surface area (Å²) in [6.07, 6.45) is 0.541. The highest BCUT2D eigenvalue weighted by molar-refractivity contribution is 5.82. The Morgan fingerprint density at radius 1 is 1.24 bits per heavy atom.